The Morgan fingerprint density at radius 1 is 0.529 bits per heavy atom. The molecule has 1 saturated carbocycles. The standard InChI is InChI=1S/C56H104NO12P/c1-3-5-7-9-11-13-15-17-19-21-23-24-26-28-30-32-34-36-38-40-42-44-49(59)48(46-68-70(66,67)69-56-54(64)52(62)51(61)53(63)55(56)65)57-50(60)45-47(58)43-41-39-37-35-33-31-29-27-25-22-20-18-16-14-12-10-8-6-4-2/h6,8,12,14,34,36,42,44,47-49,51-56,58-59,61-65H,3-5,7,9-11,13,15-33,35,37-41,43,45-46H2,1-2H3,(H,57,60)(H,66,67)/b8-6-,14-12-,36-34+,44-42+. The van der Waals surface area contributed by atoms with Crippen LogP contribution in [0.25, 0.3) is 0 Å². The highest BCUT2D eigenvalue weighted by Gasteiger charge is 2.51. The van der Waals surface area contributed by atoms with Crippen molar-refractivity contribution in [2.24, 2.45) is 0 Å². The van der Waals surface area contributed by atoms with E-state index in [9.17, 15) is 50.0 Å². The Morgan fingerprint density at radius 3 is 1.41 bits per heavy atom. The molecule has 8 atom stereocenters. The molecule has 0 aromatic rings. The molecule has 1 amide bonds. The lowest BCUT2D eigenvalue weighted by Crippen LogP contribution is -2.64. The monoisotopic (exact) mass is 1010 g/mol. The summed E-state index contributed by atoms with van der Waals surface area (Å²) in [5.41, 5.74) is 0. The Morgan fingerprint density at radius 2 is 0.929 bits per heavy atom. The molecule has 0 spiro atoms. The van der Waals surface area contributed by atoms with Crippen molar-refractivity contribution >= 4 is 13.7 Å². The predicted molar refractivity (Wildman–Crippen MR) is 284 cm³/mol. The quantitative estimate of drug-likeness (QED) is 0.0158. The van der Waals surface area contributed by atoms with Gasteiger partial charge in [-0.2, -0.15) is 0 Å². The van der Waals surface area contributed by atoms with E-state index in [0.717, 1.165) is 57.8 Å². The second-order valence-corrected chi connectivity index (χ2v) is 21.3. The van der Waals surface area contributed by atoms with Gasteiger partial charge in [0, 0.05) is 0 Å². The van der Waals surface area contributed by atoms with Crippen LogP contribution in [-0.2, 0) is 18.4 Å². The van der Waals surface area contributed by atoms with Crippen LogP contribution >= 0.6 is 7.82 Å². The van der Waals surface area contributed by atoms with E-state index in [-0.39, 0.29) is 6.42 Å². The fourth-order valence-corrected chi connectivity index (χ4v) is 9.85. The van der Waals surface area contributed by atoms with Gasteiger partial charge in [0.1, 0.15) is 36.6 Å². The molecule has 0 aromatic heterocycles. The molecule has 13 nitrogen and oxygen atoms in total. The third kappa shape index (κ3) is 35.4. The summed E-state index contributed by atoms with van der Waals surface area (Å²) in [6.07, 6.45) is 41.9. The average Bonchev–Trinajstić information content (AvgIpc) is 3.34. The lowest BCUT2D eigenvalue weighted by molar-refractivity contribution is -0.220. The zero-order valence-corrected chi connectivity index (χ0v) is 44.8. The van der Waals surface area contributed by atoms with Crippen LogP contribution in [0.15, 0.2) is 48.6 Å². The molecule has 1 aliphatic carbocycles. The third-order valence-electron chi connectivity index (χ3n) is 13.4. The Balaban J connectivity index is 2.45. The van der Waals surface area contributed by atoms with Crippen LogP contribution in [0.1, 0.15) is 239 Å². The van der Waals surface area contributed by atoms with Crippen molar-refractivity contribution in [3.05, 3.63) is 48.6 Å². The molecule has 9 N–H and O–H groups in total. The number of aliphatic hydroxyl groups is 7. The third-order valence-corrected chi connectivity index (χ3v) is 14.4. The first-order valence-electron chi connectivity index (χ1n) is 28.2. The maximum absolute atomic E-state index is 13.1. The minimum Gasteiger partial charge on any atom is -0.393 e. The number of aliphatic hydroxyl groups excluding tert-OH is 7. The van der Waals surface area contributed by atoms with Crippen LogP contribution in [0.3, 0.4) is 0 Å². The number of amides is 1. The van der Waals surface area contributed by atoms with Crippen molar-refractivity contribution in [3.63, 3.8) is 0 Å². The molecule has 0 saturated heterocycles. The minimum absolute atomic E-state index is 0.254. The summed E-state index contributed by atoms with van der Waals surface area (Å²) < 4.78 is 23.0. The zero-order valence-electron chi connectivity index (χ0n) is 43.9. The van der Waals surface area contributed by atoms with Crippen LogP contribution in [0.5, 0.6) is 0 Å². The Hall–Kier alpha value is -1.74. The maximum atomic E-state index is 13.1. The maximum Gasteiger partial charge on any atom is 0.472 e. The molecule has 0 bridgehead atoms. The summed E-state index contributed by atoms with van der Waals surface area (Å²) in [6, 6.07) is -1.26. The molecule has 0 heterocycles. The van der Waals surface area contributed by atoms with E-state index in [4.69, 9.17) is 9.05 Å². The van der Waals surface area contributed by atoms with Gasteiger partial charge in [0.2, 0.25) is 5.91 Å². The van der Waals surface area contributed by atoms with Crippen LogP contribution < -0.4 is 5.32 Å². The fraction of sp³-hybridized carbons (Fsp3) is 0.839. The minimum atomic E-state index is -5.16. The first kappa shape index (κ1) is 66.3. The first-order chi connectivity index (χ1) is 33.8. The molecule has 1 rings (SSSR count). The molecule has 0 aromatic carbocycles. The van der Waals surface area contributed by atoms with E-state index in [0.29, 0.717) is 12.8 Å². The second-order valence-electron chi connectivity index (χ2n) is 19.9. The summed E-state index contributed by atoms with van der Waals surface area (Å²) in [4.78, 5) is 23.6. The zero-order chi connectivity index (χ0) is 51.5. The lowest BCUT2D eigenvalue weighted by Gasteiger charge is -2.41. The highest BCUT2D eigenvalue weighted by molar-refractivity contribution is 7.47. The number of hydrogen-bond donors (Lipinski definition) is 9. The van der Waals surface area contributed by atoms with Gasteiger partial charge < -0.3 is 46.0 Å². The highest BCUT2D eigenvalue weighted by atomic mass is 31.2. The van der Waals surface area contributed by atoms with Gasteiger partial charge in [-0.05, 0) is 57.8 Å². The van der Waals surface area contributed by atoms with Gasteiger partial charge in [-0.15, -0.1) is 0 Å². The molecular weight excluding hydrogens is 910 g/mol. The SMILES string of the molecule is CC/C=C\C/C=C\CCCCCCCCCCCCCCC(O)CC(=O)NC(COP(=O)(O)OC1C(O)C(O)C(O)C(O)C1O)C(O)/C=C/CC/C=C/CCCCCCCCCCCCCCCCC. The summed E-state index contributed by atoms with van der Waals surface area (Å²) in [6.45, 7) is 3.67. The summed E-state index contributed by atoms with van der Waals surface area (Å²) in [7, 11) is -5.16. The number of rotatable bonds is 47. The largest absolute Gasteiger partial charge is 0.472 e. The van der Waals surface area contributed by atoms with Gasteiger partial charge in [0.25, 0.3) is 0 Å². The van der Waals surface area contributed by atoms with Gasteiger partial charge in [-0.3, -0.25) is 13.8 Å². The average molecular weight is 1010 g/mol. The van der Waals surface area contributed by atoms with Crippen LogP contribution in [-0.4, -0.2) is 108 Å². The van der Waals surface area contributed by atoms with Crippen LogP contribution in [0, 0.1) is 0 Å². The molecule has 70 heavy (non-hydrogen) atoms. The van der Waals surface area contributed by atoms with Gasteiger partial charge in [-0.1, -0.05) is 223 Å². The number of nitrogens with one attached hydrogen (secondary N) is 1. The number of carbonyl (C=O) groups is 1. The van der Waals surface area contributed by atoms with Gasteiger partial charge in [-0.25, -0.2) is 4.57 Å². The highest BCUT2D eigenvalue weighted by Crippen LogP contribution is 2.47. The van der Waals surface area contributed by atoms with E-state index < -0.39 is 75.2 Å². The van der Waals surface area contributed by atoms with Crippen molar-refractivity contribution in [2.75, 3.05) is 6.61 Å². The van der Waals surface area contributed by atoms with Gasteiger partial charge >= 0.3 is 7.82 Å². The Bertz CT molecular complexity index is 1380. The first-order valence-corrected chi connectivity index (χ1v) is 29.7. The summed E-state index contributed by atoms with van der Waals surface area (Å²) in [5.74, 6) is -0.602. The normalized spacial score (nSPS) is 22.1. The van der Waals surface area contributed by atoms with Gasteiger partial charge in [0.05, 0.1) is 31.3 Å². The number of unbranched alkanes of at least 4 members (excludes halogenated alkanes) is 28. The second kappa shape index (κ2) is 44.7. The molecule has 1 fully saturated rings. The van der Waals surface area contributed by atoms with Gasteiger partial charge in [0.15, 0.2) is 0 Å². The number of carbonyl (C=O) groups excluding carboxylic acids is 1. The predicted octanol–water partition coefficient (Wildman–Crippen LogP) is 11.4. The molecule has 1 aliphatic rings. The van der Waals surface area contributed by atoms with E-state index in [1.54, 1.807) is 6.08 Å². The number of allylic oxidation sites excluding steroid dienone is 7. The smallest absolute Gasteiger partial charge is 0.393 e. The van der Waals surface area contributed by atoms with Crippen molar-refractivity contribution in [1.29, 1.82) is 0 Å². The fourth-order valence-electron chi connectivity index (χ4n) is 8.88. The van der Waals surface area contributed by atoms with Crippen LogP contribution in [0.2, 0.25) is 0 Å². The molecule has 0 aliphatic heterocycles. The molecule has 14 heteroatoms. The summed E-state index contributed by atoms with van der Waals surface area (Å²) in [5, 5.41) is 74.8. The molecular formula is C56H104NO12P. The Labute approximate surface area is 425 Å². The molecule has 410 valence electrons. The lowest BCUT2D eigenvalue weighted by atomic mass is 9.85. The summed E-state index contributed by atoms with van der Waals surface area (Å²) >= 11 is 0. The number of phosphoric acid groups is 1. The van der Waals surface area contributed by atoms with Crippen LogP contribution in [0.4, 0.5) is 0 Å². The van der Waals surface area contributed by atoms with E-state index in [2.05, 4.69) is 55.6 Å². The number of phosphoric ester groups is 1. The van der Waals surface area contributed by atoms with Crippen molar-refractivity contribution in [3.8, 4) is 0 Å². The Kier molecular flexibility index (Phi) is 42.3. The van der Waals surface area contributed by atoms with Crippen molar-refractivity contribution in [2.45, 2.75) is 293 Å². The van der Waals surface area contributed by atoms with E-state index >= 15 is 0 Å². The van der Waals surface area contributed by atoms with E-state index in [1.165, 1.54) is 154 Å². The topological polar surface area (TPSA) is 226 Å². The molecule has 8 unspecified atom stereocenters. The molecule has 0 radical (unpaired) electrons. The van der Waals surface area contributed by atoms with Crippen molar-refractivity contribution in [1.82, 2.24) is 5.32 Å². The number of hydrogen-bond acceptors (Lipinski definition) is 11. The van der Waals surface area contributed by atoms with E-state index in [1.807, 2.05) is 0 Å². The van der Waals surface area contributed by atoms with Crippen molar-refractivity contribution < 1.29 is 59.0 Å².